The molecule has 1 atom stereocenters. The fourth-order valence-electron chi connectivity index (χ4n) is 2.98. The van der Waals surface area contributed by atoms with Crippen molar-refractivity contribution in [2.24, 2.45) is 5.92 Å². The number of hydrogen-bond acceptors (Lipinski definition) is 3. The van der Waals surface area contributed by atoms with Crippen molar-refractivity contribution in [2.75, 3.05) is 25.4 Å². The molecule has 3 N–H and O–H groups in total. The zero-order chi connectivity index (χ0) is 17.2. The van der Waals surface area contributed by atoms with Crippen molar-refractivity contribution in [3.05, 3.63) is 29.8 Å². The highest BCUT2D eigenvalue weighted by atomic mass is 35.5. The molecule has 146 valence electrons. The van der Waals surface area contributed by atoms with Gasteiger partial charge in [0.05, 0.1) is 0 Å². The predicted molar refractivity (Wildman–Crippen MR) is 113 cm³/mol. The highest BCUT2D eigenvalue weighted by Gasteiger charge is 2.18. The van der Waals surface area contributed by atoms with Gasteiger partial charge in [0.2, 0.25) is 5.91 Å². The molecule has 4 nitrogen and oxygen atoms in total. The maximum atomic E-state index is 12.1. The summed E-state index contributed by atoms with van der Waals surface area (Å²) >= 11 is 0. The van der Waals surface area contributed by atoms with Crippen molar-refractivity contribution >= 4 is 36.4 Å². The summed E-state index contributed by atoms with van der Waals surface area (Å²) < 4.78 is 0. The summed E-state index contributed by atoms with van der Waals surface area (Å²) in [5.41, 5.74) is 7.73. The topological polar surface area (TPSA) is 58.4 Å². The molecule has 0 fully saturated rings. The molecular formula is C19H35Cl2N3O. The molecule has 0 heterocycles. The van der Waals surface area contributed by atoms with Crippen molar-refractivity contribution in [3.8, 4) is 0 Å². The van der Waals surface area contributed by atoms with Crippen molar-refractivity contribution in [3.63, 3.8) is 0 Å². The number of amides is 1. The van der Waals surface area contributed by atoms with E-state index in [1.165, 1.54) is 0 Å². The van der Waals surface area contributed by atoms with Crippen LogP contribution in [0.2, 0.25) is 0 Å². The fourth-order valence-corrected chi connectivity index (χ4v) is 2.98. The van der Waals surface area contributed by atoms with Crippen molar-refractivity contribution < 1.29 is 4.79 Å². The lowest BCUT2D eigenvalue weighted by Crippen LogP contribution is -2.44. The van der Waals surface area contributed by atoms with Crippen LogP contribution in [0.4, 0.5) is 5.69 Å². The van der Waals surface area contributed by atoms with Gasteiger partial charge in [0.25, 0.3) is 0 Å². The van der Waals surface area contributed by atoms with Gasteiger partial charge < -0.3 is 11.1 Å². The van der Waals surface area contributed by atoms with E-state index in [9.17, 15) is 4.79 Å². The van der Waals surface area contributed by atoms with Gasteiger partial charge in [-0.2, -0.15) is 0 Å². The summed E-state index contributed by atoms with van der Waals surface area (Å²) in [5, 5.41) is 3.11. The normalized spacial score (nSPS) is 11.6. The van der Waals surface area contributed by atoms with Crippen LogP contribution in [0.15, 0.2) is 24.3 Å². The maximum Gasteiger partial charge on any atom is 0.220 e. The SMILES string of the molecule is CCN(CC)C(CNC(=O)CCc1ccccc1N)CC(C)C.Cl.Cl. The number of nitrogens with one attached hydrogen (secondary N) is 1. The average Bonchev–Trinajstić information content (AvgIpc) is 2.52. The molecular weight excluding hydrogens is 357 g/mol. The van der Waals surface area contributed by atoms with Gasteiger partial charge in [-0.1, -0.05) is 45.9 Å². The van der Waals surface area contributed by atoms with Crippen molar-refractivity contribution in [2.45, 2.75) is 53.0 Å². The van der Waals surface area contributed by atoms with Crippen LogP contribution in [-0.4, -0.2) is 36.5 Å². The third-order valence-corrected chi connectivity index (χ3v) is 4.28. The highest BCUT2D eigenvalue weighted by molar-refractivity contribution is 5.85. The number of hydrogen-bond donors (Lipinski definition) is 2. The smallest absolute Gasteiger partial charge is 0.220 e. The predicted octanol–water partition coefficient (Wildman–Crippen LogP) is 3.92. The first-order valence-electron chi connectivity index (χ1n) is 8.82. The molecule has 25 heavy (non-hydrogen) atoms. The number of nitrogens with two attached hydrogens (primary N) is 1. The Morgan fingerprint density at radius 3 is 2.28 bits per heavy atom. The number of carbonyl (C=O) groups excluding carboxylic acids is 1. The van der Waals surface area contributed by atoms with Crippen LogP contribution in [0.25, 0.3) is 0 Å². The number of nitrogen functional groups attached to an aromatic ring is 1. The number of nitrogens with zero attached hydrogens (tertiary/aromatic N) is 1. The average molecular weight is 392 g/mol. The van der Waals surface area contributed by atoms with Gasteiger partial charge in [0.1, 0.15) is 0 Å². The van der Waals surface area contributed by atoms with Crippen LogP contribution in [0.1, 0.15) is 46.1 Å². The van der Waals surface area contributed by atoms with E-state index in [0.29, 0.717) is 24.8 Å². The molecule has 0 saturated heterocycles. The molecule has 1 rings (SSSR count). The molecule has 0 radical (unpaired) electrons. The fraction of sp³-hybridized carbons (Fsp3) is 0.632. The lowest BCUT2D eigenvalue weighted by atomic mass is 10.0. The second kappa shape index (κ2) is 14.2. The summed E-state index contributed by atoms with van der Waals surface area (Å²) in [5.74, 6) is 0.732. The quantitative estimate of drug-likeness (QED) is 0.594. The second-order valence-corrected chi connectivity index (χ2v) is 6.51. The number of benzene rings is 1. The van der Waals surface area contributed by atoms with Gasteiger partial charge >= 0.3 is 0 Å². The summed E-state index contributed by atoms with van der Waals surface area (Å²) in [6, 6.07) is 8.16. The Kier molecular flexibility index (Phi) is 14.9. The maximum absolute atomic E-state index is 12.1. The Balaban J connectivity index is 0. The van der Waals surface area contributed by atoms with Crippen LogP contribution in [0.5, 0.6) is 0 Å². The molecule has 6 heteroatoms. The third-order valence-electron chi connectivity index (χ3n) is 4.28. The first-order chi connectivity index (χ1) is 11.0. The molecule has 0 aliphatic carbocycles. The van der Waals surface area contributed by atoms with E-state index in [2.05, 4.69) is 37.9 Å². The van der Waals surface area contributed by atoms with E-state index < -0.39 is 0 Å². The number of halogens is 2. The molecule has 1 aromatic rings. The zero-order valence-corrected chi connectivity index (χ0v) is 17.6. The number of anilines is 1. The summed E-state index contributed by atoms with van der Waals surface area (Å²) in [4.78, 5) is 14.6. The molecule has 1 aromatic carbocycles. The number of para-hydroxylation sites is 1. The van der Waals surface area contributed by atoms with Gasteiger partial charge in [-0.15, -0.1) is 24.8 Å². The Labute approximate surface area is 165 Å². The van der Waals surface area contributed by atoms with Gasteiger partial charge in [0.15, 0.2) is 0 Å². The monoisotopic (exact) mass is 391 g/mol. The van der Waals surface area contributed by atoms with Crippen LogP contribution < -0.4 is 11.1 Å². The van der Waals surface area contributed by atoms with E-state index in [1.807, 2.05) is 24.3 Å². The van der Waals surface area contributed by atoms with Gasteiger partial charge in [-0.25, -0.2) is 0 Å². The summed E-state index contributed by atoms with van der Waals surface area (Å²) in [6.07, 6.45) is 2.28. The van der Waals surface area contributed by atoms with Crippen LogP contribution in [0.3, 0.4) is 0 Å². The molecule has 1 unspecified atom stereocenters. The number of likely N-dealkylation sites (N-methyl/N-ethyl adjacent to an activating group) is 1. The Morgan fingerprint density at radius 2 is 1.76 bits per heavy atom. The van der Waals surface area contributed by atoms with Crippen LogP contribution >= 0.6 is 24.8 Å². The van der Waals surface area contributed by atoms with E-state index in [1.54, 1.807) is 0 Å². The van der Waals surface area contributed by atoms with Crippen molar-refractivity contribution in [1.82, 2.24) is 10.2 Å². The minimum absolute atomic E-state index is 0. The lowest BCUT2D eigenvalue weighted by molar-refractivity contribution is -0.121. The zero-order valence-electron chi connectivity index (χ0n) is 16.0. The molecule has 0 aromatic heterocycles. The molecule has 0 aliphatic rings. The summed E-state index contributed by atoms with van der Waals surface area (Å²) in [7, 11) is 0. The first kappa shape index (κ1) is 26.3. The minimum atomic E-state index is 0. The molecule has 0 spiro atoms. The van der Waals surface area contributed by atoms with Gasteiger partial charge in [-0.3, -0.25) is 9.69 Å². The number of rotatable bonds is 10. The van der Waals surface area contributed by atoms with Gasteiger partial charge in [-0.05, 0) is 43.5 Å². The Bertz CT molecular complexity index is 479. The van der Waals surface area contributed by atoms with Gasteiger partial charge in [0, 0.05) is 24.7 Å². The largest absolute Gasteiger partial charge is 0.399 e. The van der Waals surface area contributed by atoms with Crippen LogP contribution in [-0.2, 0) is 11.2 Å². The third kappa shape index (κ3) is 9.93. The molecule has 0 saturated carbocycles. The molecule has 1 amide bonds. The Morgan fingerprint density at radius 1 is 1.16 bits per heavy atom. The van der Waals surface area contributed by atoms with E-state index in [0.717, 1.165) is 37.3 Å². The number of carbonyl (C=O) groups is 1. The molecule has 0 bridgehead atoms. The van der Waals surface area contributed by atoms with E-state index >= 15 is 0 Å². The molecule has 0 aliphatic heterocycles. The lowest BCUT2D eigenvalue weighted by Gasteiger charge is -2.31. The van der Waals surface area contributed by atoms with Crippen LogP contribution in [0, 0.1) is 5.92 Å². The second-order valence-electron chi connectivity index (χ2n) is 6.51. The first-order valence-corrected chi connectivity index (χ1v) is 8.82. The Hall–Kier alpha value is -0.970. The van der Waals surface area contributed by atoms with E-state index in [4.69, 9.17) is 5.73 Å². The summed E-state index contributed by atoms with van der Waals surface area (Å²) in [6.45, 7) is 11.6. The van der Waals surface area contributed by atoms with Crippen molar-refractivity contribution in [1.29, 1.82) is 0 Å². The standard InChI is InChI=1S/C19H33N3O.2ClH/c1-5-22(6-2)17(13-15(3)4)14-21-19(23)12-11-16-9-7-8-10-18(16)20;;/h7-10,15,17H,5-6,11-14,20H2,1-4H3,(H,21,23);2*1H. The highest BCUT2D eigenvalue weighted by Crippen LogP contribution is 2.13. The van der Waals surface area contributed by atoms with E-state index in [-0.39, 0.29) is 30.7 Å². The number of aryl methyl sites for hydroxylation is 1. The minimum Gasteiger partial charge on any atom is -0.399 e.